The van der Waals surface area contributed by atoms with Crippen LogP contribution in [0.1, 0.15) is 11.9 Å². The molecule has 2 rings (SSSR count). The summed E-state index contributed by atoms with van der Waals surface area (Å²) < 4.78 is 9.72. The maximum Gasteiger partial charge on any atom is 0.389 e. The number of benzene rings is 1. The number of rotatable bonds is 1. The summed E-state index contributed by atoms with van der Waals surface area (Å²) in [4.78, 5) is 21.1. The third kappa shape index (κ3) is 1.39. The molecule has 70 valence electrons. The molecule has 1 heterocycles. The summed E-state index contributed by atoms with van der Waals surface area (Å²) >= 11 is 0. The van der Waals surface area contributed by atoms with E-state index in [0.29, 0.717) is 5.56 Å². The first-order chi connectivity index (χ1) is 6.81. The Kier molecular flexibility index (Phi) is 2.05. The van der Waals surface area contributed by atoms with Crippen LogP contribution in [0, 0.1) is 0 Å². The second-order valence-electron chi connectivity index (χ2n) is 2.70. The van der Waals surface area contributed by atoms with Crippen molar-refractivity contribution >= 4 is 11.9 Å². The molecular weight excluding hydrogens is 184 g/mol. The third-order valence-corrected chi connectivity index (χ3v) is 1.79. The van der Waals surface area contributed by atoms with Crippen molar-refractivity contribution in [2.45, 2.75) is 6.29 Å². The fraction of sp³-hybridized carbons (Fsp3) is 0.100. The number of cyclic esters (lactones) is 1. The first kappa shape index (κ1) is 8.53. The van der Waals surface area contributed by atoms with Gasteiger partial charge in [-0.25, -0.2) is 9.59 Å². The van der Waals surface area contributed by atoms with E-state index in [1.165, 1.54) is 5.94 Å². The molecule has 4 heteroatoms. The van der Waals surface area contributed by atoms with E-state index in [1.54, 1.807) is 24.3 Å². The Hall–Kier alpha value is -2.06. The van der Waals surface area contributed by atoms with E-state index in [4.69, 9.17) is 9.47 Å². The van der Waals surface area contributed by atoms with Gasteiger partial charge < -0.3 is 9.47 Å². The van der Waals surface area contributed by atoms with E-state index in [1.807, 2.05) is 6.07 Å². The number of esters is 1. The minimum absolute atomic E-state index is 0.404. The van der Waals surface area contributed by atoms with E-state index in [2.05, 4.69) is 0 Å². The Bertz CT molecular complexity index is 403. The SMILES string of the molecule is O=C=C1OC(c2ccccc2)OC1=O. The molecule has 0 N–H and O–H groups in total. The predicted molar refractivity (Wildman–Crippen MR) is 45.6 cm³/mol. The molecule has 1 saturated heterocycles. The molecule has 4 nitrogen and oxygen atoms in total. The van der Waals surface area contributed by atoms with Crippen molar-refractivity contribution in [3.05, 3.63) is 41.7 Å². The summed E-state index contributed by atoms with van der Waals surface area (Å²) in [7, 11) is 0. The zero-order valence-electron chi connectivity index (χ0n) is 7.10. The van der Waals surface area contributed by atoms with Crippen LogP contribution < -0.4 is 0 Å². The van der Waals surface area contributed by atoms with Gasteiger partial charge in [0.2, 0.25) is 0 Å². The first-order valence-corrected chi connectivity index (χ1v) is 3.99. The van der Waals surface area contributed by atoms with Crippen LogP contribution in [-0.4, -0.2) is 11.9 Å². The van der Waals surface area contributed by atoms with Crippen molar-refractivity contribution in [2.75, 3.05) is 0 Å². The maximum absolute atomic E-state index is 10.9. The summed E-state index contributed by atoms with van der Waals surface area (Å²) in [5.74, 6) is 0.210. The van der Waals surface area contributed by atoms with Crippen molar-refractivity contribution in [1.29, 1.82) is 0 Å². The summed E-state index contributed by atoms with van der Waals surface area (Å²) in [5, 5.41) is 0. The monoisotopic (exact) mass is 190 g/mol. The Labute approximate surface area is 79.7 Å². The Morgan fingerprint density at radius 2 is 1.86 bits per heavy atom. The average molecular weight is 190 g/mol. The van der Waals surface area contributed by atoms with E-state index < -0.39 is 18.0 Å². The number of carbonyl (C=O) groups is 1. The highest BCUT2D eigenvalue weighted by atomic mass is 16.7. The van der Waals surface area contributed by atoms with Crippen LogP contribution in [0.4, 0.5) is 0 Å². The lowest BCUT2D eigenvalue weighted by Crippen LogP contribution is -1.98. The largest absolute Gasteiger partial charge is 0.433 e. The van der Waals surface area contributed by atoms with Crippen LogP contribution in [-0.2, 0) is 19.1 Å². The Morgan fingerprint density at radius 3 is 2.43 bits per heavy atom. The molecule has 1 fully saturated rings. The summed E-state index contributed by atoms with van der Waals surface area (Å²) in [6.07, 6.45) is -0.819. The quantitative estimate of drug-likeness (QED) is 0.376. The topological polar surface area (TPSA) is 52.6 Å². The number of carbonyl (C=O) groups excluding carboxylic acids is 2. The van der Waals surface area contributed by atoms with Crippen LogP contribution in [0.3, 0.4) is 0 Å². The summed E-state index contributed by atoms with van der Waals surface area (Å²) in [6.45, 7) is 0. The van der Waals surface area contributed by atoms with E-state index >= 15 is 0 Å². The molecular formula is C10H6O4. The molecule has 1 aliphatic rings. The van der Waals surface area contributed by atoms with Crippen molar-refractivity contribution in [3.8, 4) is 0 Å². The van der Waals surface area contributed by atoms with E-state index in [-0.39, 0.29) is 0 Å². The van der Waals surface area contributed by atoms with Crippen LogP contribution in [0.15, 0.2) is 36.1 Å². The molecule has 0 saturated carbocycles. The molecule has 1 aromatic carbocycles. The lowest BCUT2D eigenvalue weighted by molar-refractivity contribution is -0.143. The maximum atomic E-state index is 10.9. The molecule has 0 bridgehead atoms. The smallest absolute Gasteiger partial charge is 0.389 e. The van der Waals surface area contributed by atoms with Gasteiger partial charge >= 0.3 is 5.97 Å². The summed E-state index contributed by atoms with van der Waals surface area (Å²) in [6, 6.07) is 8.89. The third-order valence-electron chi connectivity index (χ3n) is 1.79. The van der Waals surface area contributed by atoms with E-state index in [9.17, 15) is 9.59 Å². The molecule has 0 radical (unpaired) electrons. The summed E-state index contributed by atoms with van der Waals surface area (Å²) in [5.41, 5.74) is 0.686. The second kappa shape index (κ2) is 3.36. The zero-order chi connectivity index (χ0) is 9.97. The molecule has 0 spiro atoms. The van der Waals surface area contributed by atoms with Crippen LogP contribution in [0.25, 0.3) is 0 Å². The fourth-order valence-electron chi connectivity index (χ4n) is 1.14. The molecule has 1 unspecified atom stereocenters. The van der Waals surface area contributed by atoms with Gasteiger partial charge in [0.1, 0.15) is 0 Å². The van der Waals surface area contributed by atoms with Gasteiger partial charge in [-0.1, -0.05) is 30.3 Å². The van der Waals surface area contributed by atoms with Gasteiger partial charge in [-0.15, -0.1) is 0 Å². The van der Waals surface area contributed by atoms with Gasteiger partial charge in [-0.2, -0.15) is 0 Å². The number of hydrogen-bond donors (Lipinski definition) is 0. The van der Waals surface area contributed by atoms with Gasteiger partial charge in [0, 0.05) is 5.56 Å². The number of hydrogen-bond acceptors (Lipinski definition) is 4. The fourth-order valence-corrected chi connectivity index (χ4v) is 1.14. The molecule has 1 aromatic rings. The van der Waals surface area contributed by atoms with Crippen molar-refractivity contribution in [3.63, 3.8) is 0 Å². The minimum Gasteiger partial charge on any atom is -0.433 e. The van der Waals surface area contributed by atoms with E-state index in [0.717, 1.165) is 0 Å². The van der Waals surface area contributed by atoms with Crippen molar-refractivity contribution in [1.82, 2.24) is 0 Å². The van der Waals surface area contributed by atoms with Crippen molar-refractivity contribution < 1.29 is 19.1 Å². The van der Waals surface area contributed by atoms with Crippen LogP contribution in [0.5, 0.6) is 0 Å². The molecule has 1 atom stereocenters. The Balaban J connectivity index is 2.25. The minimum atomic E-state index is -0.819. The van der Waals surface area contributed by atoms with Gasteiger partial charge in [-0.05, 0) is 0 Å². The van der Waals surface area contributed by atoms with Gasteiger partial charge in [0.05, 0.1) is 0 Å². The Morgan fingerprint density at radius 1 is 1.14 bits per heavy atom. The normalized spacial score (nSPS) is 19.9. The lowest BCUT2D eigenvalue weighted by Gasteiger charge is -2.06. The first-order valence-electron chi connectivity index (χ1n) is 3.99. The molecule has 0 aliphatic carbocycles. The van der Waals surface area contributed by atoms with Gasteiger partial charge in [-0.3, -0.25) is 0 Å². The van der Waals surface area contributed by atoms with Crippen molar-refractivity contribution in [2.24, 2.45) is 0 Å². The molecule has 14 heavy (non-hydrogen) atoms. The van der Waals surface area contributed by atoms with Crippen LogP contribution in [0.2, 0.25) is 0 Å². The molecule has 0 aromatic heterocycles. The number of ether oxygens (including phenoxy) is 2. The molecule has 0 amide bonds. The standard InChI is InChI=1S/C10H6O4/c11-6-8-9(12)14-10(13-8)7-4-2-1-3-5-7/h1-5,10H. The molecule has 1 aliphatic heterocycles. The van der Waals surface area contributed by atoms with Gasteiger partial charge in [0.15, 0.2) is 5.94 Å². The van der Waals surface area contributed by atoms with Gasteiger partial charge in [0.25, 0.3) is 12.0 Å². The highest BCUT2D eigenvalue weighted by molar-refractivity contribution is 5.95. The van der Waals surface area contributed by atoms with Crippen LogP contribution >= 0.6 is 0 Å². The predicted octanol–water partition coefficient (Wildman–Crippen LogP) is 0.974. The lowest BCUT2D eigenvalue weighted by atomic mass is 10.2. The highest BCUT2D eigenvalue weighted by Crippen LogP contribution is 2.28. The average Bonchev–Trinajstić information content (AvgIpc) is 2.61. The highest BCUT2D eigenvalue weighted by Gasteiger charge is 2.32. The second-order valence-corrected chi connectivity index (χ2v) is 2.70. The zero-order valence-corrected chi connectivity index (χ0v) is 7.10.